The quantitative estimate of drug-likeness (QED) is 0.100. The minimum absolute atomic E-state index is 0.0788. The Bertz CT molecular complexity index is 3550. The lowest BCUT2D eigenvalue weighted by Crippen LogP contribution is -2.46. The smallest absolute Gasteiger partial charge is 0.277 e. The van der Waals surface area contributed by atoms with Crippen molar-refractivity contribution in [3.8, 4) is 0 Å². The van der Waals surface area contributed by atoms with Gasteiger partial charge in [0.25, 0.3) is 34.4 Å². The molecule has 0 bridgehead atoms. The average molecular weight is 1190 g/mol. The highest BCUT2D eigenvalue weighted by atomic mass is 79.9. The van der Waals surface area contributed by atoms with E-state index >= 15 is 0 Å². The zero-order valence-electron chi connectivity index (χ0n) is 38.6. The summed E-state index contributed by atoms with van der Waals surface area (Å²) in [6.07, 6.45) is 15.5. The molecule has 0 aliphatic carbocycles. The first-order valence-electron chi connectivity index (χ1n) is 21.0. The molecule has 27 heteroatoms. The van der Waals surface area contributed by atoms with Crippen molar-refractivity contribution in [2.45, 2.75) is 32.1 Å². The molecule has 0 radical (unpaired) electrons. The highest BCUT2D eigenvalue weighted by molar-refractivity contribution is 9.10. The van der Waals surface area contributed by atoms with Gasteiger partial charge < -0.3 is 32.4 Å². The van der Waals surface area contributed by atoms with Crippen molar-refractivity contribution in [1.29, 1.82) is 0 Å². The molecule has 10 rings (SSSR count). The lowest BCUT2D eigenvalue weighted by Gasteiger charge is -2.28. The van der Waals surface area contributed by atoms with Crippen LogP contribution in [0.15, 0.2) is 152 Å². The summed E-state index contributed by atoms with van der Waals surface area (Å²) in [6, 6.07) is 17.8. The topological polar surface area (TPSA) is 323 Å². The fourth-order valence-electron chi connectivity index (χ4n) is 6.98. The Labute approximate surface area is 450 Å². The Morgan fingerprint density at radius 3 is 1.51 bits per heavy atom. The van der Waals surface area contributed by atoms with Crippen LogP contribution < -0.4 is 44.1 Å². The molecule has 8 aromatic heterocycles. The average Bonchev–Trinajstić information content (AvgIpc) is 3.84. The fourth-order valence-corrected chi connectivity index (χ4v) is 8.79. The molecule has 74 heavy (non-hydrogen) atoms. The number of amides is 3. The fraction of sp³-hybridized carbons (Fsp3) is 0.106. The van der Waals surface area contributed by atoms with Crippen LogP contribution >= 0.6 is 66.7 Å². The lowest BCUT2D eigenvalue weighted by atomic mass is 10.0. The van der Waals surface area contributed by atoms with Crippen LogP contribution in [0.3, 0.4) is 0 Å². The number of hydrogen-bond acceptors (Lipinski definition) is 16. The predicted octanol–water partition coefficient (Wildman–Crippen LogP) is 6.25. The van der Waals surface area contributed by atoms with Crippen molar-refractivity contribution >= 4 is 107 Å². The zero-order chi connectivity index (χ0) is 53.9. The number of nitrogen functional groups attached to an aromatic ring is 1. The summed E-state index contributed by atoms with van der Waals surface area (Å²) < 4.78 is 3.30. The van der Waals surface area contributed by atoms with E-state index < -0.39 is 34.3 Å². The number of aromatic nitrogens is 10. The number of H-pyrrole nitrogens is 1. The summed E-state index contributed by atoms with van der Waals surface area (Å²) >= 11 is 24.1. The van der Waals surface area contributed by atoms with E-state index in [2.05, 4.69) is 87.7 Å². The number of nitrogens with one attached hydrogen (secondary N) is 4. The number of hydrogen-bond donors (Lipinski definition) is 6. The summed E-state index contributed by atoms with van der Waals surface area (Å²) in [6.45, 7) is 5.03. The number of pyridine rings is 6. The van der Waals surface area contributed by atoms with Gasteiger partial charge in [-0.05, 0) is 119 Å². The number of aromatic amines is 1. The standard InChI is InChI=1S/C17H13ClN6O2.C13H9BrClN3O2.C7H7NO.C6H4BrClN2O2.C4H5N3/c1-17(10-2-5-19-6-3-10)23-15(25)14-11(18)8-12(16(26)24(14)17)22-13-4-7-20-9-21-13;1-13(7-2-4-16-5-3-7)17-11(19)10-9(15)6-8(14)12(20)18(10)13;1-6(9)7-2-4-8-5-3-7;7-2-1-3(8)4(5(9)11)10-6(2)12;5-4-1-2-6-3-7-4/h2-9H,1H3,(H,23,25)(H,20,21,22);2-6H,1H3,(H,17,19);2-5H,1H3;1H,(H2,9,11)(H,10,12);1-3H,(H2,5,6,7). The maximum atomic E-state index is 13.1. The molecule has 3 amide bonds. The van der Waals surface area contributed by atoms with Crippen LogP contribution in [0.5, 0.6) is 0 Å². The lowest BCUT2D eigenvalue weighted by molar-refractivity contribution is 0.0932. The number of ketones is 1. The number of carbonyl (C=O) groups excluding carboxylic acids is 4. The number of anilines is 3. The predicted molar refractivity (Wildman–Crippen MR) is 282 cm³/mol. The minimum Gasteiger partial charge on any atom is -0.384 e. The largest absolute Gasteiger partial charge is 0.384 e. The molecule has 8 aromatic rings. The van der Waals surface area contributed by atoms with E-state index in [-0.39, 0.29) is 59.6 Å². The first kappa shape index (κ1) is 55.3. The van der Waals surface area contributed by atoms with E-state index in [0.717, 1.165) is 5.56 Å². The monoisotopic (exact) mass is 1190 g/mol. The molecule has 0 aromatic carbocycles. The van der Waals surface area contributed by atoms with Crippen LogP contribution in [0, 0.1) is 0 Å². The van der Waals surface area contributed by atoms with Gasteiger partial charge in [0.15, 0.2) is 5.78 Å². The van der Waals surface area contributed by atoms with E-state index in [4.69, 9.17) is 46.3 Å². The zero-order valence-corrected chi connectivity index (χ0v) is 44.0. The molecule has 22 nitrogen and oxygen atoms in total. The van der Waals surface area contributed by atoms with E-state index in [1.807, 2.05) is 0 Å². The number of carbonyl (C=O) groups is 4. The number of primary amides is 1. The van der Waals surface area contributed by atoms with Crippen molar-refractivity contribution in [3.05, 3.63) is 218 Å². The molecule has 2 aliphatic heterocycles. The van der Waals surface area contributed by atoms with Gasteiger partial charge in [-0.1, -0.05) is 34.8 Å². The van der Waals surface area contributed by atoms with E-state index in [9.17, 15) is 33.6 Å². The second kappa shape index (κ2) is 24.1. The van der Waals surface area contributed by atoms with Crippen LogP contribution in [0.4, 0.5) is 17.3 Å². The molecule has 10 heterocycles. The highest BCUT2D eigenvalue weighted by Crippen LogP contribution is 2.34. The Morgan fingerprint density at radius 2 is 1.08 bits per heavy atom. The van der Waals surface area contributed by atoms with Crippen LogP contribution in [-0.2, 0) is 11.3 Å². The normalized spacial score (nSPS) is 15.5. The third-order valence-electron chi connectivity index (χ3n) is 10.5. The maximum absolute atomic E-state index is 13.1. The number of rotatable bonds is 6. The van der Waals surface area contributed by atoms with E-state index in [1.165, 1.54) is 46.9 Å². The van der Waals surface area contributed by atoms with Crippen molar-refractivity contribution < 1.29 is 19.2 Å². The highest BCUT2D eigenvalue weighted by Gasteiger charge is 2.44. The molecule has 378 valence electrons. The number of fused-ring (bicyclic) bond motifs is 2. The van der Waals surface area contributed by atoms with E-state index in [1.54, 1.807) is 112 Å². The third kappa shape index (κ3) is 12.6. The molecule has 0 fully saturated rings. The van der Waals surface area contributed by atoms with Gasteiger partial charge in [0, 0.05) is 66.3 Å². The molecule has 2 unspecified atom stereocenters. The van der Waals surface area contributed by atoms with Gasteiger partial charge in [-0.2, -0.15) is 0 Å². The number of nitrogens with two attached hydrogens (primary N) is 2. The second-order valence-corrected chi connectivity index (χ2v) is 18.4. The van der Waals surface area contributed by atoms with Gasteiger partial charge in [0.1, 0.15) is 58.4 Å². The summed E-state index contributed by atoms with van der Waals surface area (Å²) in [4.78, 5) is 111. The molecular formula is C47H38Br2Cl3N15O7. The van der Waals surface area contributed by atoms with Gasteiger partial charge >= 0.3 is 0 Å². The maximum Gasteiger partial charge on any atom is 0.277 e. The molecule has 0 saturated heterocycles. The second-order valence-electron chi connectivity index (χ2n) is 15.4. The van der Waals surface area contributed by atoms with Crippen molar-refractivity contribution in [2.75, 3.05) is 11.1 Å². The number of Topliss-reactive ketones (excluding diaryl/α,β-unsaturated/α-hetero) is 1. The number of nitrogens with zero attached hydrogens (tertiary/aromatic N) is 9. The Kier molecular flexibility index (Phi) is 18.0. The molecule has 0 saturated carbocycles. The number of halogens is 5. The molecule has 2 aliphatic rings. The third-order valence-corrected chi connectivity index (χ3v) is 12.6. The first-order valence-corrected chi connectivity index (χ1v) is 23.8. The summed E-state index contributed by atoms with van der Waals surface area (Å²) in [5.41, 5.74) is 9.47. The first-order chi connectivity index (χ1) is 35.2. The Hall–Kier alpha value is -8.03. The Balaban J connectivity index is 0.000000163. The summed E-state index contributed by atoms with van der Waals surface area (Å²) in [5, 5.41) is 9.09. The van der Waals surface area contributed by atoms with Crippen molar-refractivity contribution in [3.63, 3.8) is 0 Å². The van der Waals surface area contributed by atoms with Gasteiger partial charge in [-0.3, -0.25) is 57.6 Å². The SMILES string of the molecule is CC(=O)c1ccncc1.CC1(c2ccncc2)NC(=O)c2c(Cl)cc(Br)c(=O)n21.CC1(c2ccncc2)NC(=O)c2c(Cl)cc(Nc3ccncn3)c(=O)n21.NC(=O)c1[nH]c(=O)c(Br)cc1Cl.Nc1ccncn1. The van der Waals surface area contributed by atoms with E-state index in [0.29, 0.717) is 27.2 Å². The van der Waals surface area contributed by atoms with Gasteiger partial charge in [-0.15, -0.1) is 0 Å². The van der Waals surface area contributed by atoms with Gasteiger partial charge in [0.05, 0.1) is 24.0 Å². The molecule has 0 spiro atoms. The van der Waals surface area contributed by atoms with Crippen LogP contribution in [0.25, 0.3) is 0 Å². The van der Waals surface area contributed by atoms with Crippen LogP contribution in [-0.4, -0.2) is 72.5 Å². The molecule has 8 N–H and O–H groups in total. The van der Waals surface area contributed by atoms with Gasteiger partial charge in [-0.25, -0.2) is 19.9 Å². The van der Waals surface area contributed by atoms with Gasteiger partial charge in [0.2, 0.25) is 0 Å². The van der Waals surface area contributed by atoms with Crippen molar-refractivity contribution in [1.82, 2.24) is 59.6 Å². The minimum atomic E-state index is -1.08. The molecule has 2 atom stereocenters. The Morgan fingerprint density at radius 1 is 0.622 bits per heavy atom. The summed E-state index contributed by atoms with van der Waals surface area (Å²) in [5.74, 6) is -0.521. The van der Waals surface area contributed by atoms with Crippen LogP contribution in [0.2, 0.25) is 15.1 Å². The van der Waals surface area contributed by atoms with Crippen molar-refractivity contribution in [2.24, 2.45) is 5.73 Å². The van der Waals surface area contributed by atoms with Crippen LogP contribution in [0.1, 0.15) is 73.7 Å². The summed E-state index contributed by atoms with van der Waals surface area (Å²) in [7, 11) is 0. The molecular weight excluding hydrogens is 1150 g/mol.